The van der Waals surface area contributed by atoms with Gasteiger partial charge in [-0.05, 0) is 43.7 Å². The van der Waals surface area contributed by atoms with Gasteiger partial charge in [0.15, 0.2) is 0 Å². The van der Waals surface area contributed by atoms with Crippen LogP contribution in [-0.4, -0.2) is 65.5 Å². The van der Waals surface area contributed by atoms with E-state index in [1.165, 1.54) is 0 Å². The van der Waals surface area contributed by atoms with E-state index in [0.717, 1.165) is 50.0 Å². The van der Waals surface area contributed by atoms with Crippen molar-refractivity contribution in [2.75, 3.05) is 25.5 Å². The summed E-state index contributed by atoms with van der Waals surface area (Å²) in [5.74, 6) is -1.21. The Morgan fingerprint density at radius 2 is 1.81 bits per heavy atom. The highest BCUT2D eigenvalue weighted by molar-refractivity contribution is 6.25. The van der Waals surface area contributed by atoms with Crippen LogP contribution < -0.4 is 10.6 Å². The second kappa shape index (κ2) is 12.6. The number of amides is 5. The molecule has 0 saturated carbocycles. The van der Waals surface area contributed by atoms with Crippen LogP contribution in [0.25, 0.3) is 0 Å². The Bertz CT molecular complexity index is 1010. The summed E-state index contributed by atoms with van der Waals surface area (Å²) in [4.78, 5) is 64.7. The molecular weight excluding hydrogens is 460 g/mol. The van der Waals surface area contributed by atoms with Crippen LogP contribution in [0.4, 0.5) is 5.69 Å². The summed E-state index contributed by atoms with van der Waals surface area (Å²) in [6, 6.07) is 4.10. The van der Waals surface area contributed by atoms with Gasteiger partial charge in [0.2, 0.25) is 17.7 Å². The average molecular weight is 499 g/mol. The number of rotatable bonds is 13. The molecule has 196 valence electrons. The third-order valence-electron chi connectivity index (χ3n) is 6.82. The average Bonchev–Trinajstić information content (AvgIpc) is 3.09. The molecule has 3 rings (SSSR count). The SMILES string of the molecule is CC(C)CCN(C)C(=O)CCCCCCCNc1cccc2c1C(=O)N(C1CCC(=O)NC1=O)C2=O. The Morgan fingerprint density at radius 1 is 1.08 bits per heavy atom. The Kier molecular flexibility index (Phi) is 9.61. The molecule has 1 fully saturated rings. The van der Waals surface area contributed by atoms with E-state index in [0.29, 0.717) is 24.6 Å². The van der Waals surface area contributed by atoms with Crippen LogP contribution in [0.15, 0.2) is 18.2 Å². The first-order valence-electron chi connectivity index (χ1n) is 13.0. The maximum absolute atomic E-state index is 13.1. The van der Waals surface area contributed by atoms with E-state index in [1.54, 1.807) is 18.2 Å². The summed E-state index contributed by atoms with van der Waals surface area (Å²) in [6.45, 7) is 5.77. The first-order chi connectivity index (χ1) is 17.2. The number of unbranched alkanes of at least 4 members (excludes halogenated alkanes) is 4. The van der Waals surface area contributed by atoms with Crippen LogP contribution in [-0.2, 0) is 14.4 Å². The van der Waals surface area contributed by atoms with Crippen LogP contribution in [0.1, 0.15) is 92.4 Å². The largest absolute Gasteiger partial charge is 0.384 e. The molecule has 5 amide bonds. The number of anilines is 1. The molecule has 1 unspecified atom stereocenters. The predicted molar refractivity (Wildman–Crippen MR) is 136 cm³/mol. The van der Waals surface area contributed by atoms with Crippen LogP contribution in [0.2, 0.25) is 0 Å². The number of carbonyl (C=O) groups is 5. The summed E-state index contributed by atoms with van der Waals surface area (Å²) < 4.78 is 0. The second-order valence-corrected chi connectivity index (χ2v) is 10.1. The number of piperidine rings is 1. The lowest BCUT2D eigenvalue weighted by atomic mass is 10.0. The van der Waals surface area contributed by atoms with Crippen molar-refractivity contribution < 1.29 is 24.0 Å². The molecule has 1 aromatic rings. The van der Waals surface area contributed by atoms with Gasteiger partial charge in [-0.25, -0.2) is 0 Å². The quantitative estimate of drug-likeness (QED) is 0.318. The molecule has 0 aliphatic carbocycles. The lowest BCUT2D eigenvalue weighted by Gasteiger charge is -2.27. The Balaban J connectivity index is 1.41. The first kappa shape index (κ1) is 27.4. The van der Waals surface area contributed by atoms with E-state index in [-0.39, 0.29) is 29.9 Å². The third-order valence-corrected chi connectivity index (χ3v) is 6.82. The monoisotopic (exact) mass is 498 g/mol. The molecule has 0 radical (unpaired) electrons. The van der Waals surface area contributed by atoms with Gasteiger partial charge in [0.1, 0.15) is 6.04 Å². The summed E-state index contributed by atoms with van der Waals surface area (Å²) in [7, 11) is 1.87. The molecule has 0 spiro atoms. The summed E-state index contributed by atoms with van der Waals surface area (Å²) in [6.07, 6.45) is 6.64. The van der Waals surface area contributed by atoms with Crippen molar-refractivity contribution in [2.24, 2.45) is 5.92 Å². The maximum Gasteiger partial charge on any atom is 0.264 e. The molecule has 2 heterocycles. The molecule has 2 N–H and O–H groups in total. The fourth-order valence-electron chi connectivity index (χ4n) is 4.58. The lowest BCUT2D eigenvalue weighted by molar-refractivity contribution is -0.136. The van der Waals surface area contributed by atoms with Crippen molar-refractivity contribution in [3.05, 3.63) is 29.3 Å². The van der Waals surface area contributed by atoms with Gasteiger partial charge in [-0.1, -0.05) is 39.2 Å². The fourth-order valence-corrected chi connectivity index (χ4v) is 4.58. The molecule has 0 aromatic heterocycles. The molecule has 1 saturated heterocycles. The van der Waals surface area contributed by atoms with Crippen molar-refractivity contribution in [1.82, 2.24) is 15.1 Å². The lowest BCUT2D eigenvalue weighted by Crippen LogP contribution is -2.54. The van der Waals surface area contributed by atoms with Crippen molar-refractivity contribution in [2.45, 2.75) is 77.7 Å². The molecule has 1 atom stereocenters. The highest BCUT2D eigenvalue weighted by atomic mass is 16.2. The van der Waals surface area contributed by atoms with Crippen LogP contribution in [0, 0.1) is 5.92 Å². The Labute approximate surface area is 213 Å². The van der Waals surface area contributed by atoms with E-state index in [4.69, 9.17) is 0 Å². The number of fused-ring (bicyclic) bond motifs is 1. The molecule has 2 aliphatic rings. The molecule has 9 heteroatoms. The number of hydrogen-bond acceptors (Lipinski definition) is 6. The zero-order valence-corrected chi connectivity index (χ0v) is 21.6. The number of benzene rings is 1. The van der Waals surface area contributed by atoms with E-state index < -0.39 is 29.7 Å². The van der Waals surface area contributed by atoms with Gasteiger partial charge >= 0.3 is 0 Å². The van der Waals surface area contributed by atoms with Gasteiger partial charge in [-0.2, -0.15) is 0 Å². The number of imide groups is 2. The van der Waals surface area contributed by atoms with E-state index in [9.17, 15) is 24.0 Å². The van der Waals surface area contributed by atoms with E-state index in [1.807, 2.05) is 11.9 Å². The van der Waals surface area contributed by atoms with Gasteiger partial charge in [0.05, 0.1) is 11.1 Å². The van der Waals surface area contributed by atoms with Gasteiger partial charge in [-0.15, -0.1) is 0 Å². The highest BCUT2D eigenvalue weighted by Crippen LogP contribution is 2.32. The molecule has 1 aromatic carbocycles. The van der Waals surface area contributed by atoms with Gasteiger partial charge in [-0.3, -0.25) is 34.2 Å². The van der Waals surface area contributed by atoms with Crippen molar-refractivity contribution in [1.29, 1.82) is 0 Å². The van der Waals surface area contributed by atoms with Gasteiger partial charge < -0.3 is 10.2 Å². The van der Waals surface area contributed by atoms with Crippen molar-refractivity contribution >= 4 is 35.2 Å². The first-order valence-corrected chi connectivity index (χ1v) is 13.0. The summed E-state index contributed by atoms with van der Waals surface area (Å²) in [5.41, 5.74) is 1.14. The highest BCUT2D eigenvalue weighted by Gasteiger charge is 2.45. The fraction of sp³-hybridized carbons (Fsp3) is 0.593. The Hall–Kier alpha value is -3.23. The van der Waals surface area contributed by atoms with Crippen molar-refractivity contribution in [3.63, 3.8) is 0 Å². The third kappa shape index (κ3) is 6.71. The van der Waals surface area contributed by atoms with Gasteiger partial charge in [0.25, 0.3) is 11.8 Å². The zero-order chi connectivity index (χ0) is 26.2. The summed E-state index contributed by atoms with van der Waals surface area (Å²) >= 11 is 0. The van der Waals surface area contributed by atoms with Gasteiger partial charge in [0, 0.05) is 38.7 Å². The standard InChI is InChI=1S/C27H38N4O5/c1-18(2)15-17-30(3)23(33)12-7-5-4-6-8-16-28-20-11-9-10-19-24(20)27(36)31(26(19)35)21-13-14-22(32)29-25(21)34/h9-11,18,21,28H,4-8,12-17H2,1-3H3,(H,29,32,34). The van der Waals surface area contributed by atoms with Crippen LogP contribution in [0.3, 0.4) is 0 Å². The molecule has 36 heavy (non-hydrogen) atoms. The molecule has 0 bridgehead atoms. The number of nitrogens with zero attached hydrogens (tertiary/aromatic N) is 2. The minimum atomic E-state index is -0.968. The molecule has 9 nitrogen and oxygen atoms in total. The van der Waals surface area contributed by atoms with E-state index in [2.05, 4.69) is 24.5 Å². The molecular formula is C27H38N4O5. The van der Waals surface area contributed by atoms with Crippen LogP contribution >= 0.6 is 0 Å². The van der Waals surface area contributed by atoms with Crippen LogP contribution in [0.5, 0.6) is 0 Å². The Morgan fingerprint density at radius 3 is 2.53 bits per heavy atom. The smallest absolute Gasteiger partial charge is 0.264 e. The minimum Gasteiger partial charge on any atom is -0.384 e. The predicted octanol–water partition coefficient (Wildman–Crippen LogP) is 3.34. The normalized spacial score (nSPS) is 17.4. The zero-order valence-electron chi connectivity index (χ0n) is 21.6. The number of nitrogens with one attached hydrogen (secondary N) is 2. The second-order valence-electron chi connectivity index (χ2n) is 10.1. The maximum atomic E-state index is 13.1. The topological polar surface area (TPSA) is 116 Å². The molecule has 2 aliphatic heterocycles. The van der Waals surface area contributed by atoms with E-state index >= 15 is 0 Å². The number of carbonyl (C=O) groups excluding carboxylic acids is 5. The minimum absolute atomic E-state index is 0.0952. The number of hydrogen-bond donors (Lipinski definition) is 2. The van der Waals surface area contributed by atoms with Crippen molar-refractivity contribution in [3.8, 4) is 0 Å². The summed E-state index contributed by atoms with van der Waals surface area (Å²) in [5, 5.41) is 5.48.